The summed E-state index contributed by atoms with van der Waals surface area (Å²) in [5.41, 5.74) is 8.32. The number of hydrogen-bond donors (Lipinski definition) is 1. The van der Waals surface area contributed by atoms with Crippen molar-refractivity contribution in [3.05, 3.63) is 23.0 Å². The Morgan fingerprint density at radius 1 is 1.53 bits per heavy atom. The first-order valence-electron chi connectivity index (χ1n) is 6.34. The molecule has 0 unspecified atom stereocenters. The lowest BCUT2D eigenvalue weighted by atomic mass is 10.1. The molecule has 0 radical (unpaired) electrons. The summed E-state index contributed by atoms with van der Waals surface area (Å²) in [6.45, 7) is 4.96. The van der Waals surface area contributed by atoms with Crippen LogP contribution >= 0.6 is 0 Å². The number of fused-ring (bicyclic) bond motifs is 1. The maximum atomic E-state index is 12.6. The van der Waals surface area contributed by atoms with E-state index in [-0.39, 0.29) is 11.9 Å². The number of carbonyl (C=O) groups is 1. The van der Waals surface area contributed by atoms with Crippen LogP contribution in [-0.2, 0) is 0 Å². The Morgan fingerprint density at radius 3 is 3.00 bits per heavy atom. The lowest BCUT2D eigenvalue weighted by Crippen LogP contribution is -2.32. The molecule has 2 aromatic rings. The quantitative estimate of drug-likeness (QED) is 0.827. The largest absolute Gasteiger partial charge is 0.337 e. The van der Waals surface area contributed by atoms with Crippen LogP contribution in [0, 0.1) is 13.8 Å². The molecule has 2 N–H and O–H groups in total. The van der Waals surface area contributed by atoms with E-state index in [1.807, 2.05) is 13.8 Å². The van der Waals surface area contributed by atoms with Gasteiger partial charge in [-0.1, -0.05) is 5.16 Å². The Balaban J connectivity index is 2.08. The number of nitrogens with zero attached hydrogens (tertiary/aromatic N) is 3. The molecular formula is C13H16N4O2. The number of pyridine rings is 1. The van der Waals surface area contributed by atoms with E-state index in [2.05, 4.69) is 10.1 Å². The van der Waals surface area contributed by atoms with Crippen LogP contribution in [0.1, 0.15) is 28.2 Å². The van der Waals surface area contributed by atoms with E-state index >= 15 is 0 Å². The van der Waals surface area contributed by atoms with Gasteiger partial charge < -0.3 is 15.2 Å². The van der Waals surface area contributed by atoms with E-state index in [9.17, 15) is 4.79 Å². The minimum Gasteiger partial charge on any atom is -0.337 e. The summed E-state index contributed by atoms with van der Waals surface area (Å²) in [5.74, 6) is -0.0187. The van der Waals surface area contributed by atoms with Crippen molar-refractivity contribution in [3.63, 3.8) is 0 Å². The van der Waals surface area contributed by atoms with Gasteiger partial charge in [0.15, 0.2) is 0 Å². The molecule has 19 heavy (non-hydrogen) atoms. The van der Waals surface area contributed by atoms with Crippen molar-refractivity contribution in [3.8, 4) is 0 Å². The molecule has 2 aromatic heterocycles. The van der Waals surface area contributed by atoms with E-state index in [1.165, 1.54) is 0 Å². The highest BCUT2D eigenvalue weighted by Crippen LogP contribution is 2.24. The lowest BCUT2D eigenvalue weighted by molar-refractivity contribution is 0.0792. The van der Waals surface area contributed by atoms with Crippen molar-refractivity contribution in [1.82, 2.24) is 15.0 Å². The number of nitrogens with two attached hydrogens (primary N) is 1. The summed E-state index contributed by atoms with van der Waals surface area (Å²) in [6.07, 6.45) is 0.849. The molecule has 1 aliphatic rings. The Morgan fingerprint density at radius 2 is 2.32 bits per heavy atom. The molecule has 1 amide bonds. The molecule has 0 spiro atoms. The maximum Gasteiger partial charge on any atom is 0.258 e. The first kappa shape index (κ1) is 12.1. The maximum absolute atomic E-state index is 12.6. The van der Waals surface area contributed by atoms with Gasteiger partial charge in [0.05, 0.1) is 16.6 Å². The molecule has 1 saturated heterocycles. The number of hydrogen-bond acceptors (Lipinski definition) is 5. The van der Waals surface area contributed by atoms with E-state index in [1.54, 1.807) is 11.0 Å². The van der Waals surface area contributed by atoms with Crippen LogP contribution in [0.3, 0.4) is 0 Å². The summed E-state index contributed by atoms with van der Waals surface area (Å²) in [6, 6.07) is 1.87. The number of aromatic nitrogens is 2. The third kappa shape index (κ3) is 1.98. The van der Waals surface area contributed by atoms with Crippen LogP contribution in [0.5, 0.6) is 0 Å². The van der Waals surface area contributed by atoms with Gasteiger partial charge in [-0.3, -0.25) is 4.79 Å². The van der Waals surface area contributed by atoms with Gasteiger partial charge in [-0.15, -0.1) is 0 Å². The van der Waals surface area contributed by atoms with Crippen molar-refractivity contribution in [2.24, 2.45) is 5.73 Å². The van der Waals surface area contributed by atoms with Crippen LogP contribution in [0.4, 0.5) is 0 Å². The fourth-order valence-electron chi connectivity index (χ4n) is 2.53. The highest BCUT2D eigenvalue weighted by Gasteiger charge is 2.27. The Bertz CT molecular complexity index is 649. The molecule has 0 aromatic carbocycles. The number of carbonyl (C=O) groups excluding carboxylic acids is 1. The zero-order chi connectivity index (χ0) is 13.6. The third-order valence-corrected chi connectivity index (χ3v) is 3.49. The summed E-state index contributed by atoms with van der Waals surface area (Å²) < 4.78 is 5.15. The molecule has 0 saturated carbocycles. The van der Waals surface area contributed by atoms with Crippen LogP contribution in [0.15, 0.2) is 10.6 Å². The Labute approximate surface area is 110 Å². The second-order valence-corrected chi connectivity index (χ2v) is 5.06. The van der Waals surface area contributed by atoms with Gasteiger partial charge in [-0.25, -0.2) is 4.98 Å². The smallest absolute Gasteiger partial charge is 0.258 e. The van der Waals surface area contributed by atoms with Crippen molar-refractivity contribution in [1.29, 1.82) is 0 Å². The molecule has 0 aliphatic carbocycles. The molecule has 1 fully saturated rings. The summed E-state index contributed by atoms with van der Waals surface area (Å²) >= 11 is 0. The van der Waals surface area contributed by atoms with Gasteiger partial charge in [0.2, 0.25) is 0 Å². The van der Waals surface area contributed by atoms with E-state index in [4.69, 9.17) is 10.3 Å². The predicted octanol–water partition coefficient (Wildman–Crippen LogP) is 1.01. The molecule has 1 atom stereocenters. The van der Waals surface area contributed by atoms with Crippen molar-refractivity contribution in [2.75, 3.05) is 13.1 Å². The normalized spacial score (nSPS) is 19.3. The first-order chi connectivity index (χ1) is 9.06. The molecule has 3 heterocycles. The van der Waals surface area contributed by atoms with Crippen LogP contribution in [0.2, 0.25) is 0 Å². The average Bonchev–Trinajstić information content (AvgIpc) is 2.95. The van der Waals surface area contributed by atoms with E-state index < -0.39 is 0 Å². The minimum absolute atomic E-state index is 0.0187. The number of likely N-dealkylation sites (tertiary alicyclic amines) is 1. The monoisotopic (exact) mass is 260 g/mol. The molecule has 1 aliphatic heterocycles. The van der Waals surface area contributed by atoms with Crippen LogP contribution < -0.4 is 5.73 Å². The topological polar surface area (TPSA) is 85.2 Å². The third-order valence-electron chi connectivity index (χ3n) is 3.49. The molecule has 100 valence electrons. The van der Waals surface area contributed by atoms with Gasteiger partial charge >= 0.3 is 0 Å². The van der Waals surface area contributed by atoms with Crippen molar-refractivity contribution in [2.45, 2.75) is 26.3 Å². The van der Waals surface area contributed by atoms with Crippen molar-refractivity contribution >= 4 is 17.0 Å². The van der Waals surface area contributed by atoms with Crippen LogP contribution in [0.25, 0.3) is 11.1 Å². The molecular weight excluding hydrogens is 244 g/mol. The Hall–Kier alpha value is -1.95. The molecule has 0 bridgehead atoms. The number of rotatable bonds is 1. The summed E-state index contributed by atoms with van der Waals surface area (Å²) in [4.78, 5) is 18.6. The fourth-order valence-corrected chi connectivity index (χ4v) is 2.53. The van der Waals surface area contributed by atoms with Crippen molar-refractivity contribution < 1.29 is 9.32 Å². The summed E-state index contributed by atoms with van der Waals surface area (Å²) in [5, 5.41) is 4.59. The fraction of sp³-hybridized carbons (Fsp3) is 0.462. The zero-order valence-corrected chi connectivity index (χ0v) is 11.0. The highest BCUT2D eigenvalue weighted by atomic mass is 16.5. The second-order valence-electron chi connectivity index (χ2n) is 5.06. The SMILES string of the molecule is Cc1cc(C(=O)N2CC[C@@H](N)C2)c2c(C)noc2n1. The minimum atomic E-state index is -0.0187. The summed E-state index contributed by atoms with van der Waals surface area (Å²) in [7, 11) is 0. The lowest BCUT2D eigenvalue weighted by Gasteiger charge is -2.16. The molecule has 3 rings (SSSR count). The van der Waals surface area contributed by atoms with Gasteiger partial charge in [0, 0.05) is 24.8 Å². The standard InChI is InChI=1S/C13H16N4O2/c1-7-5-10(11-8(2)16-19-12(11)15-7)13(18)17-4-3-9(14)6-17/h5,9H,3-4,6,14H2,1-2H3/t9-/m1/s1. The molecule has 6 nitrogen and oxygen atoms in total. The van der Waals surface area contributed by atoms with Gasteiger partial charge in [-0.05, 0) is 26.3 Å². The van der Waals surface area contributed by atoms with Crippen LogP contribution in [-0.4, -0.2) is 40.1 Å². The Kier molecular flexibility index (Phi) is 2.74. The predicted molar refractivity (Wildman–Crippen MR) is 69.8 cm³/mol. The average molecular weight is 260 g/mol. The molecule has 6 heteroatoms. The van der Waals surface area contributed by atoms with E-state index in [0.29, 0.717) is 35.4 Å². The highest BCUT2D eigenvalue weighted by molar-refractivity contribution is 6.06. The number of amides is 1. The van der Waals surface area contributed by atoms with Gasteiger partial charge in [0.1, 0.15) is 0 Å². The van der Waals surface area contributed by atoms with Gasteiger partial charge in [-0.2, -0.15) is 0 Å². The van der Waals surface area contributed by atoms with Gasteiger partial charge in [0.25, 0.3) is 11.6 Å². The second kappa shape index (κ2) is 4.31. The zero-order valence-electron chi connectivity index (χ0n) is 11.0. The van der Waals surface area contributed by atoms with E-state index in [0.717, 1.165) is 12.1 Å². The first-order valence-corrected chi connectivity index (χ1v) is 6.34. The number of aryl methyl sites for hydroxylation is 2.